The summed E-state index contributed by atoms with van der Waals surface area (Å²) < 4.78 is 23.2. The molecule has 0 bridgehead atoms. The van der Waals surface area contributed by atoms with Crippen LogP contribution in [0, 0.1) is 0 Å². The Balaban J connectivity index is 2.02. The van der Waals surface area contributed by atoms with Crippen molar-refractivity contribution in [1.82, 2.24) is 4.98 Å². The van der Waals surface area contributed by atoms with E-state index in [-0.39, 0.29) is 5.75 Å². The van der Waals surface area contributed by atoms with E-state index in [1.54, 1.807) is 0 Å². The standard InChI is InChI=1S/C18H17NO2S2/c1-23(20,21)13-17-19-16(12-14-8-4-2-5-9-14)18(22-17)15-10-6-3-7-11-15/h2-11H,12-13H2,1H3. The zero-order valence-electron chi connectivity index (χ0n) is 12.8. The van der Waals surface area contributed by atoms with Gasteiger partial charge in [-0.05, 0) is 11.1 Å². The van der Waals surface area contributed by atoms with E-state index < -0.39 is 9.84 Å². The number of nitrogens with zero attached hydrogens (tertiary/aromatic N) is 1. The minimum absolute atomic E-state index is 0.00765. The molecule has 5 heteroatoms. The molecule has 0 amide bonds. The summed E-state index contributed by atoms with van der Waals surface area (Å²) >= 11 is 1.47. The molecule has 0 atom stereocenters. The molecule has 3 aromatic rings. The second kappa shape index (κ2) is 6.64. The van der Waals surface area contributed by atoms with Crippen LogP contribution < -0.4 is 0 Å². The Hall–Kier alpha value is -1.98. The first-order chi connectivity index (χ1) is 11.0. The van der Waals surface area contributed by atoms with Crippen molar-refractivity contribution in [2.75, 3.05) is 6.26 Å². The zero-order valence-corrected chi connectivity index (χ0v) is 14.4. The van der Waals surface area contributed by atoms with E-state index in [2.05, 4.69) is 17.1 Å². The van der Waals surface area contributed by atoms with E-state index in [4.69, 9.17) is 0 Å². The fourth-order valence-corrected chi connectivity index (χ4v) is 4.68. The molecular weight excluding hydrogens is 326 g/mol. The van der Waals surface area contributed by atoms with E-state index in [0.29, 0.717) is 11.4 Å². The maximum Gasteiger partial charge on any atom is 0.153 e. The molecule has 0 aliphatic rings. The topological polar surface area (TPSA) is 47.0 Å². The van der Waals surface area contributed by atoms with E-state index in [9.17, 15) is 8.42 Å². The smallest absolute Gasteiger partial charge is 0.153 e. The van der Waals surface area contributed by atoms with E-state index in [1.807, 2.05) is 48.5 Å². The molecule has 0 aliphatic heterocycles. The first-order valence-corrected chi connectivity index (χ1v) is 10.1. The first-order valence-electron chi connectivity index (χ1n) is 7.27. The Bertz CT molecular complexity index is 885. The van der Waals surface area contributed by atoms with Crippen LogP contribution >= 0.6 is 11.3 Å². The van der Waals surface area contributed by atoms with E-state index >= 15 is 0 Å². The Morgan fingerprint density at radius 2 is 1.57 bits per heavy atom. The molecule has 3 rings (SSSR count). The summed E-state index contributed by atoms with van der Waals surface area (Å²) in [7, 11) is -3.09. The van der Waals surface area contributed by atoms with Gasteiger partial charge >= 0.3 is 0 Å². The van der Waals surface area contributed by atoms with Crippen molar-refractivity contribution in [3.63, 3.8) is 0 Å². The van der Waals surface area contributed by atoms with Gasteiger partial charge in [-0.1, -0.05) is 60.7 Å². The zero-order chi connectivity index (χ0) is 16.3. The van der Waals surface area contributed by atoms with Crippen LogP contribution in [0.15, 0.2) is 60.7 Å². The van der Waals surface area contributed by atoms with Crippen LogP contribution in [0.25, 0.3) is 10.4 Å². The van der Waals surface area contributed by atoms with Gasteiger partial charge in [-0.2, -0.15) is 0 Å². The van der Waals surface area contributed by atoms with Crippen molar-refractivity contribution in [3.05, 3.63) is 76.9 Å². The predicted octanol–water partition coefficient (Wildman–Crippen LogP) is 3.95. The molecule has 0 saturated carbocycles. The van der Waals surface area contributed by atoms with E-state index in [0.717, 1.165) is 16.1 Å². The third kappa shape index (κ3) is 4.27. The number of rotatable bonds is 5. The lowest BCUT2D eigenvalue weighted by Crippen LogP contribution is -2.00. The van der Waals surface area contributed by atoms with Crippen molar-refractivity contribution in [1.29, 1.82) is 0 Å². The monoisotopic (exact) mass is 343 g/mol. The Morgan fingerprint density at radius 1 is 0.957 bits per heavy atom. The number of sulfone groups is 1. The minimum Gasteiger partial charge on any atom is -0.244 e. The number of hydrogen-bond acceptors (Lipinski definition) is 4. The fourth-order valence-electron chi connectivity index (χ4n) is 2.41. The summed E-state index contributed by atoms with van der Waals surface area (Å²) in [5.41, 5.74) is 3.18. The molecule has 0 saturated heterocycles. The van der Waals surface area contributed by atoms with Crippen LogP contribution in [0.3, 0.4) is 0 Å². The maximum atomic E-state index is 11.6. The molecule has 0 unspecified atom stereocenters. The average molecular weight is 343 g/mol. The third-order valence-electron chi connectivity index (χ3n) is 3.38. The molecular formula is C18H17NO2S2. The number of thiazole rings is 1. The van der Waals surface area contributed by atoms with Gasteiger partial charge in [0.25, 0.3) is 0 Å². The maximum absolute atomic E-state index is 11.6. The molecule has 0 aliphatic carbocycles. The van der Waals surface area contributed by atoms with Gasteiger partial charge in [0, 0.05) is 12.7 Å². The molecule has 118 valence electrons. The summed E-state index contributed by atoms with van der Waals surface area (Å²) in [5, 5.41) is 0.650. The Labute approximate surface area is 140 Å². The minimum atomic E-state index is -3.09. The second-order valence-corrected chi connectivity index (χ2v) is 8.71. The number of benzene rings is 2. The lowest BCUT2D eigenvalue weighted by Gasteiger charge is -2.02. The van der Waals surface area contributed by atoms with Crippen LogP contribution in [-0.2, 0) is 22.0 Å². The lowest BCUT2D eigenvalue weighted by atomic mass is 10.1. The van der Waals surface area contributed by atoms with Crippen molar-refractivity contribution >= 4 is 21.2 Å². The van der Waals surface area contributed by atoms with Gasteiger partial charge in [-0.3, -0.25) is 0 Å². The molecule has 1 heterocycles. The summed E-state index contributed by atoms with van der Waals surface area (Å²) in [5.74, 6) is -0.00765. The highest BCUT2D eigenvalue weighted by Gasteiger charge is 2.16. The van der Waals surface area contributed by atoms with Crippen LogP contribution in [0.5, 0.6) is 0 Å². The van der Waals surface area contributed by atoms with Gasteiger partial charge in [0.05, 0.1) is 10.6 Å². The summed E-state index contributed by atoms with van der Waals surface area (Å²) in [6.45, 7) is 0. The molecule has 0 fully saturated rings. The second-order valence-electron chi connectivity index (χ2n) is 5.48. The van der Waals surface area contributed by atoms with Crippen molar-refractivity contribution in [2.24, 2.45) is 0 Å². The summed E-state index contributed by atoms with van der Waals surface area (Å²) in [6.07, 6.45) is 1.94. The largest absolute Gasteiger partial charge is 0.244 e. The van der Waals surface area contributed by atoms with Crippen LogP contribution in [0.1, 0.15) is 16.3 Å². The van der Waals surface area contributed by atoms with Gasteiger partial charge in [0.15, 0.2) is 9.84 Å². The van der Waals surface area contributed by atoms with Crippen LogP contribution in [0.2, 0.25) is 0 Å². The normalized spacial score (nSPS) is 11.5. The van der Waals surface area contributed by atoms with Gasteiger partial charge in [0.2, 0.25) is 0 Å². The van der Waals surface area contributed by atoms with Gasteiger partial charge in [-0.15, -0.1) is 11.3 Å². The van der Waals surface area contributed by atoms with Crippen LogP contribution in [-0.4, -0.2) is 19.7 Å². The highest BCUT2D eigenvalue weighted by Crippen LogP contribution is 2.32. The SMILES string of the molecule is CS(=O)(=O)Cc1nc(Cc2ccccc2)c(-c2ccccc2)s1. The third-order valence-corrected chi connectivity index (χ3v) is 5.50. The fraction of sp³-hybridized carbons (Fsp3) is 0.167. The highest BCUT2D eigenvalue weighted by atomic mass is 32.2. The molecule has 3 nitrogen and oxygen atoms in total. The van der Waals surface area contributed by atoms with Crippen LogP contribution in [0.4, 0.5) is 0 Å². The molecule has 0 spiro atoms. The van der Waals surface area contributed by atoms with Gasteiger partial charge < -0.3 is 0 Å². The quantitative estimate of drug-likeness (QED) is 0.705. The number of hydrogen-bond donors (Lipinski definition) is 0. The highest BCUT2D eigenvalue weighted by molar-refractivity contribution is 7.90. The number of aromatic nitrogens is 1. The first kappa shape index (κ1) is 15.9. The van der Waals surface area contributed by atoms with Crippen molar-refractivity contribution < 1.29 is 8.42 Å². The van der Waals surface area contributed by atoms with Crippen molar-refractivity contribution in [3.8, 4) is 10.4 Å². The molecule has 2 aromatic carbocycles. The summed E-state index contributed by atoms with van der Waals surface area (Å²) in [4.78, 5) is 5.66. The predicted molar refractivity (Wildman–Crippen MR) is 95.3 cm³/mol. The van der Waals surface area contributed by atoms with E-state index in [1.165, 1.54) is 23.2 Å². The van der Waals surface area contributed by atoms with Crippen molar-refractivity contribution in [2.45, 2.75) is 12.2 Å². The van der Waals surface area contributed by atoms with Gasteiger partial charge in [-0.25, -0.2) is 13.4 Å². The molecule has 23 heavy (non-hydrogen) atoms. The molecule has 1 aromatic heterocycles. The lowest BCUT2D eigenvalue weighted by molar-refractivity contribution is 0.601. The molecule has 0 radical (unpaired) electrons. The Kier molecular flexibility index (Phi) is 4.59. The van der Waals surface area contributed by atoms with Gasteiger partial charge in [0.1, 0.15) is 10.8 Å². The summed E-state index contributed by atoms with van der Waals surface area (Å²) in [6, 6.07) is 20.1. The average Bonchev–Trinajstić information content (AvgIpc) is 2.89. The Morgan fingerprint density at radius 3 is 2.17 bits per heavy atom. The molecule has 0 N–H and O–H groups in total.